The fourth-order valence-electron chi connectivity index (χ4n) is 1.65. The van der Waals surface area contributed by atoms with E-state index in [0.717, 1.165) is 0 Å². The molecule has 1 rings (SSSR count). The summed E-state index contributed by atoms with van der Waals surface area (Å²) in [5.74, 6) is -0.134. The Labute approximate surface area is 89.6 Å². The molecule has 2 N–H and O–H groups in total. The summed E-state index contributed by atoms with van der Waals surface area (Å²) in [7, 11) is 0. The molecule has 1 fully saturated rings. The zero-order valence-electron chi connectivity index (χ0n) is 9.21. The Bertz CT molecular complexity index is 243. The Kier molecular flexibility index (Phi) is 4.55. The van der Waals surface area contributed by atoms with Crippen molar-refractivity contribution < 1.29 is 14.3 Å². The molecular formula is C10H18N2O3. The predicted molar refractivity (Wildman–Crippen MR) is 55.3 cm³/mol. The van der Waals surface area contributed by atoms with Crippen molar-refractivity contribution in [2.45, 2.75) is 38.8 Å². The number of esters is 1. The van der Waals surface area contributed by atoms with E-state index in [1.165, 1.54) is 0 Å². The Morgan fingerprint density at radius 1 is 1.73 bits per heavy atom. The van der Waals surface area contributed by atoms with Gasteiger partial charge in [0.25, 0.3) is 0 Å². The van der Waals surface area contributed by atoms with E-state index in [2.05, 4.69) is 10.6 Å². The van der Waals surface area contributed by atoms with Crippen LogP contribution >= 0.6 is 0 Å². The van der Waals surface area contributed by atoms with E-state index in [9.17, 15) is 9.59 Å². The first-order valence-corrected chi connectivity index (χ1v) is 5.30. The Hall–Kier alpha value is -1.10. The first-order valence-electron chi connectivity index (χ1n) is 5.30. The fourth-order valence-corrected chi connectivity index (χ4v) is 1.65. The van der Waals surface area contributed by atoms with Crippen LogP contribution in [0.1, 0.15) is 26.7 Å². The Balaban J connectivity index is 2.20. The van der Waals surface area contributed by atoms with Gasteiger partial charge in [0.15, 0.2) is 0 Å². The summed E-state index contributed by atoms with van der Waals surface area (Å²) in [6, 6.07) is 0.184. The van der Waals surface area contributed by atoms with Crippen LogP contribution in [0.25, 0.3) is 0 Å². The monoisotopic (exact) mass is 214 g/mol. The lowest BCUT2D eigenvalue weighted by molar-refractivity contribution is -0.143. The van der Waals surface area contributed by atoms with Crippen LogP contribution in [0, 0.1) is 0 Å². The molecule has 0 aromatic carbocycles. The molecular weight excluding hydrogens is 196 g/mol. The van der Waals surface area contributed by atoms with Crippen molar-refractivity contribution >= 4 is 11.9 Å². The molecule has 0 radical (unpaired) electrons. The number of rotatable bonds is 5. The number of hydrogen-bond acceptors (Lipinski definition) is 4. The highest BCUT2D eigenvalue weighted by molar-refractivity contribution is 5.79. The van der Waals surface area contributed by atoms with Crippen molar-refractivity contribution in [3.8, 4) is 0 Å². The van der Waals surface area contributed by atoms with E-state index in [-0.39, 0.29) is 24.0 Å². The van der Waals surface area contributed by atoms with Crippen molar-refractivity contribution in [2.75, 3.05) is 13.2 Å². The van der Waals surface area contributed by atoms with Gasteiger partial charge in [-0.3, -0.25) is 9.59 Å². The van der Waals surface area contributed by atoms with Gasteiger partial charge in [0.1, 0.15) is 0 Å². The van der Waals surface area contributed by atoms with Gasteiger partial charge in [0, 0.05) is 25.0 Å². The molecule has 5 heteroatoms. The normalized spacial score (nSPS) is 22.3. The lowest BCUT2D eigenvalue weighted by atomic mass is 10.2. The molecule has 2 atom stereocenters. The smallest absolute Gasteiger partial charge is 0.307 e. The minimum Gasteiger partial charge on any atom is -0.466 e. The van der Waals surface area contributed by atoms with Crippen molar-refractivity contribution in [3.63, 3.8) is 0 Å². The third-order valence-corrected chi connectivity index (χ3v) is 2.28. The molecule has 0 bridgehead atoms. The van der Waals surface area contributed by atoms with Gasteiger partial charge in [0.05, 0.1) is 13.0 Å². The van der Waals surface area contributed by atoms with Crippen molar-refractivity contribution in [2.24, 2.45) is 0 Å². The van der Waals surface area contributed by atoms with Crippen molar-refractivity contribution in [3.05, 3.63) is 0 Å². The van der Waals surface area contributed by atoms with Gasteiger partial charge in [-0.15, -0.1) is 0 Å². The van der Waals surface area contributed by atoms with Crippen LogP contribution in [0.2, 0.25) is 0 Å². The molecule has 0 aromatic rings. The van der Waals surface area contributed by atoms with Crippen LogP contribution in [-0.4, -0.2) is 37.1 Å². The van der Waals surface area contributed by atoms with E-state index in [0.29, 0.717) is 26.0 Å². The zero-order valence-corrected chi connectivity index (χ0v) is 9.21. The van der Waals surface area contributed by atoms with Crippen molar-refractivity contribution in [1.29, 1.82) is 0 Å². The topological polar surface area (TPSA) is 67.4 Å². The van der Waals surface area contributed by atoms with Crippen LogP contribution in [0.4, 0.5) is 0 Å². The van der Waals surface area contributed by atoms with E-state index in [1.54, 1.807) is 6.92 Å². The van der Waals surface area contributed by atoms with E-state index >= 15 is 0 Å². The highest BCUT2D eigenvalue weighted by Crippen LogP contribution is 2.03. The second-order valence-corrected chi connectivity index (χ2v) is 3.78. The zero-order chi connectivity index (χ0) is 11.3. The van der Waals surface area contributed by atoms with Gasteiger partial charge in [-0.2, -0.15) is 0 Å². The Morgan fingerprint density at radius 2 is 2.47 bits per heavy atom. The molecule has 1 aliphatic rings. The third kappa shape index (κ3) is 4.29. The van der Waals surface area contributed by atoms with Gasteiger partial charge in [-0.05, 0) is 13.8 Å². The molecule has 1 heterocycles. The quantitative estimate of drug-likeness (QED) is 0.622. The number of ether oxygens (including phenoxy) is 1. The maximum Gasteiger partial charge on any atom is 0.307 e. The predicted octanol–water partition coefficient (Wildman–Crippen LogP) is -0.194. The number of carbonyl (C=O) groups excluding carboxylic acids is 2. The largest absolute Gasteiger partial charge is 0.466 e. The number of carbonyl (C=O) groups is 2. The molecule has 86 valence electrons. The molecule has 15 heavy (non-hydrogen) atoms. The fraction of sp³-hybridized carbons (Fsp3) is 0.800. The summed E-state index contributed by atoms with van der Waals surface area (Å²) in [5, 5.41) is 5.95. The first kappa shape index (κ1) is 12.0. The van der Waals surface area contributed by atoms with E-state index in [4.69, 9.17) is 4.74 Å². The van der Waals surface area contributed by atoms with Gasteiger partial charge in [0.2, 0.25) is 5.91 Å². The second-order valence-electron chi connectivity index (χ2n) is 3.78. The average molecular weight is 214 g/mol. The SMILES string of the molecule is CCOC(=O)CC(C)NC1CNC(=O)C1. The summed E-state index contributed by atoms with van der Waals surface area (Å²) < 4.78 is 4.84. The first-order chi connectivity index (χ1) is 7.11. The van der Waals surface area contributed by atoms with Gasteiger partial charge >= 0.3 is 5.97 Å². The van der Waals surface area contributed by atoms with Gasteiger partial charge in [-0.1, -0.05) is 0 Å². The standard InChI is InChI=1S/C10H18N2O3/c1-3-15-10(14)4-7(2)12-8-5-9(13)11-6-8/h7-8,12H,3-6H2,1-2H3,(H,11,13). The summed E-state index contributed by atoms with van der Waals surface area (Å²) in [6.07, 6.45) is 0.839. The molecule has 0 aromatic heterocycles. The van der Waals surface area contributed by atoms with E-state index in [1.807, 2.05) is 6.92 Å². The second kappa shape index (κ2) is 5.70. The third-order valence-electron chi connectivity index (χ3n) is 2.28. The number of nitrogens with one attached hydrogen (secondary N) is 2. The highest BCUT2D eigenvalue weighted by atomic mass is 16.5. The lowest BCUT2D eigenvalue weighted by Gasteiger charge is -2.16. The molecule has 1 saturated heterocycles. The highest BCUT2D eigenvalue weighted by Gasteiger charge is 2.23. The van der Waals surface area contributed by atoms with Crippen LogP contribution in [0.15, 0.2) is 0 Å². The van der Waals surface area contributed by atoms with Gasteiger partial charge in [-0.25, -0.2) is 0 Å². The lowest BCUT2D eigenvalue weighted by Crippen LogP contribution is -2.39. The molecule has 0 spiro atoms. The summed E-state index contributed by atoms with van der Waals surface area (Å²) in [6.45, 7) is 4.76. The minimum absolute atomic E-state index is 0.0433. The minimum atomic E-state index is -0.199. The molecule has 0 aliphatic carbocycles. The molecule has 0 saturated carbocycles. The molecule has 1 aliphatic heterocycles. The Morgan fingerprint density at radius 3 is 3.00 bits per heavy atom. The average Bonchev–Trinajstić information content (AvgIpc) is 2.51. The number of amides is 1. The summed E-state index contributed by atoms with van der Waals surface area (Å²) >= 11 is 0. The van der Waals surface area contributed by atoms with Crippen LogP contribution in [-0.2, 0) is 14.3 Å². The molecule has 5 nitrogen and oxygen atoms in total. The van der Waals surface area contributed by atoms with E-state index < -0.39 is 0 Å². The molecule has 2 unspecified atom stereocenters. The van der Waals surface area contributed by atoms with Crippen LogP contribution in [0.5, 0.6) is 0 Å². The molecule has 1 amide bonds. The maximum absolute atomic E-state index is 11.1. The van der Waals surface area contributed by atoms with Gasteiger partial charge < -0.3 is 15.4 Å². The van der Waals surface area contributed by atoms with Crippen LogP contribution < -0.4 is 10.6 Å². The van der Waals surface area contributed by atoms with Crippen molar-refractivity contribution in [1.82, 2.24) is 10.6 Å². The maximum atomic E-state index is 11.1. The number of hydrogen-bond donors (Lipinski definition) is 2. The van der Waals surface area contributed by atoms with Crippen LogP contribution in [0.3, 0.4) is 0 Å². The summed E-state index contributed by atoms with van der Waals surface area (Å²) in [4.78, 5) is 22.1. The summed E-state index contributed by atoms with van der Waals surface area (Å²) in [5.41, 5.74) is 0.